The summed E-state index contributed by atoms with van der Waals surface area (Å²) in [6, 6.07) is 6.61. The third-order valence-electron chi connectivity index (χ3n) is 2.75. The molecule has 0 aromatic heterocycles. The second-order valence-corrected chi connectivity index (χ2v) is 4.90. The van der Waals surface area contributed by atoms with Crippen molar-refractivity contribution < 1.29 is 14.3 Å². The van der Waals surface area contributed by atoms with Gasteiger partial charge in [-0.3, -0.25) is 4.79 Å². The standard InChI is InChI=1S/C13H13ClO3/c1-9(15)8-13(5-6-13)17-12(16)10-3-2-4-11(14)7-10/h2-4,7H,5-6,8H2,1H3. The zero-order valence-corrected chi connectivity index (χ0v) is 10.3. The second-order valence-electron chi connectivity index (χ2n) is 4.46. The molecule has 0 amide bonds. The summed E-state index contributed by atoms with van der Waals surface area (Å²) in [6.45, 7) is 1.51. The summed E-state index contributed by atoms with van der Waals surface area (Å²) in [5.41, 5.74) is -0.127. The maximum absolute atomic E-state index is 11.8. The van der Waals surface area contributed by atoms with Gasteiger partial charge in [-0.2, -0.15) is 0 Å². The van der Waals surface area contributed by atoms with Gasteiger partial charge in [-0.1, -0.05) is 17.7 Å². The number of ketones is 1. The van der Waals surface area contributed by atoms with Crippen LogP contribution in [-0.4, -0.2) is 17.4 Å². The van der Waals surface area contributed by atoms with Gasteiger partial charge in [0.1, 0.15) is 11.4 Å². The lowest BCUT2D eigenvalue weighted by Crippen LogP contribution is -2.22. The second kappa shape index (κ2) is 4.49. The smallest absolute Gasteiger partial charge is 0.338 e. The Kier molecular flexibility index (Phi) is 3.20. The minimum absolute atomic E-state index is 0.0430. The van der Waals surface area contributed by atoms with Crippen LogP contribution in [0.15, 0.2) is 24.3 Å². The van der Waals surface area contributed by atoms with Crippen molar-refractivity contribution in [3.63, 3.8) is 0 Å². The van der Waals surface area contributed by atoms with Crippen LogP contribution in [0.5, 0.6) is 0 Å². The Hall–Kier alpha value is -1.35. The van der Waals surface area contributed by atoms with E-state index in [4.69, 9.17) is 16.3 Å². The Morgan fingerprint density at radius 1 is 1.41 bits per heavy atom. The molecule has 0 atom stereocenters. The highest BCUT2D eigenvalue weighted by atomic mass is 35.5. The number of esters is 1. The van der Waals surface area contributed by atoms with E-state index in [0.717, 1.165) is 12.8 Å². The summed E-state index contributed by atoms with van der Waals surface area (Å²) in [4.78, 5) is 22.9. The zero-order valence-electron chi connectivity index (χ0n) is 9.53. The van der Waals surface area contributed by atoms with E-state index in [2.05, 4.69) is 0 Å². The van der Waals surface area contributed by atoms with Crippen LogP contribution in [0, 0.1) is 0 Å². The van der Waals surface area contributed by atoms with Gasteiger partial charge in [-0.05, 0) is 38.0 Å². The third kappa shape index (κ3) is 3.07. The first kappa shape index (κ1) is 12.1. The molecule has 0 N–H and O–H groups in total. The van der Waals surface area contributed by atoms with E-state index in [9.17, 15) is 9.59 Å². The Morgan fingerprint density at radius 3 is 2.65 bits per heavy atom. The highest BCUT2D eigenvalue weighted by Gasteiger charge is 2.47. The van der Waals surface area contributed by atoms with Crippen molar-refractivity contribution in [3.05, 3.63) is 34.9 Å². The lowest BCUT2D eigenvalue weighted by atomic mass is 10.1. The molecule has 1 saturated carbocycles. The molecule has 1 aliphatic carbocycles. The minimum Gasteiger partial charge on any atom is -0.455 e. The predicted octanol–water partition coefficient (Wildman–Crippen LogP) is 3.01. The minimum atomic E-state index is -0.550. The number of hydrogen-bond acceptors (Lipinski definition) is 3. The van der Waals surface area contributed by atoms with Gasteiger partial charge < -0.3 is 4.74 Å². The molecule has 1 aromatic rings. The van der Waals surface area contributed by atoms with Crippen LogP contribution in [0.25, 0.3) is 0 Å². The van der Waals surface area contributed by atoms with Gasteiger partial charge >= 0.3 is 5.97 Å². The number of carbonyl (C=O) groups excluding carboxylic acids is 2. The maximum atomic E-state index is 11.8. The SMILES string of the molecule is CC(=O)CC1(OC(=O)c2cccc(Cl)c2)CC1. The predicted molar refractivity (Wildman–Crippen MR) is 64.1 cm³/mol. The largest absolute Gasteiger partial charge is 0.455 e. The van der Waals surface area contributed by atoms with Gasteiger partial charge in [0.15, 0.2) is 0 Å². The van der Waals surface area contributed by atoms with Crippen molar-refractivity contribution in [2.75, 3.05) is 0 Å². The summed E-state index contributed by atoms with van der Waals surface area (Å²) < 4.78 is 5.38. The summed E-state index contributed by atoms with van der Waals surface area (Å²) >= 11 is 5.80. The van der Waals surface area contributed by atoms with Gasteiger partial charge in [0.05, 0.1) is 5.56 Å². The Morgan fingerprint density at radius 2 is 2.12 bits per heavy atom. The van der Waals surface area contributed by atoms with Gasteiger partial charge in [0, 0.05) is 11.4 Å². The fourth-order valence-corrected chi connectivity index (χ4v) is 1.97. The van der Waals surface area contributed by atoms with Gasteiger partial charge in [0.2, 0.25) is 0 Å². The van der Waals surface area contributed by atoms with Crippen LogP contribution in [0.1, 0.15) is 36.5 Å². The van der Waals surface area contributed by atoms with E-state index in [0.29, 0.717) is 17.0 Å². The lowest BCUT2D eigenvalue weighted by molar-refractivity contribution is -0.119. The molecule has 0 spiro atoms. The van der Waals surface area contributed by atoms with Crippen LogP contribution in [-0.2, 0) is 9.53 Å². The first-order chi connectivity index (χ1) is 8.01. The van der Waals surface area contributed by atoms with Gasteiger partial charge in [-0.15, -0.1) is 0 Å². The fourth-order valence-electron chi connectivity index (χ4n) is 1.78. The molecule has 1 aliphatic rings. The topological polar surface area (TPSA) is 43.4 Å². The quantitative estimate of drug-likeness (QED) is 0.774. The summed E-state index contributed by atoms with van der Waals surface area (Å²) in [6.07, 6.45) is 1.83. The summed E-state index contributed by atoms with van der Waals surface area (Å²) in [7, 11) is 0. The highest BCUT2D eigenvalue weighted by molar-refractivity contribution is 6.30. The molecule has 1 fully saturated rings. The molecule has 2 rings (SSSR count). The molecular formula is C13H13ClO3. The van der Waals surface area contributed by atoms with Crippen molar-refractivity contribution in [2.24, 2.45) is 0 Å². The third-order valence-corrected chi connectivity index (χ3v) is 2.98. The molecule has 0 heterocycles. The first-order valence-corrected chi connectivity index (χ1v) is 5.87. The van der Waals surface area contributed by atoms with Crippen molar-refractivity contribution in [2.45, 2.75) is 31.8 Å². The number of hydrogen-bond donors (Lipinski definition) is 0. The van der Waals surface area contributed by atoms with E-state index in [1.807, 2.05) is 0 Å². The number of rotatable bonds is 4. The van der Waals surface area contributed by atoms with Gasteiger partial charge in [-0.25, -0.2) is 4.79 Å². The number of Topliss-reactive ketones (excluding diaryl/α,β-unsaturated/α-hetero) is 1. The molecule has 90 valence electrons. The summed E-state index contributed by atoms with van der Waals surface area (Å²) in [5.74, 6) is -0.368. The van der Waals surface area contributed by atoms with Crippen LogP contribution in [0.4, 0.5) is 0 Å². The van der Waals surface area contributed by atoms with Crippen molar-refractivity contribution in [1.29, 1.82) is 0 Å². The first-order valence-electron chi connectivity index (χ1n) is 5.49. The maximum Gasteiger partial charge on any atom is 0.338 e. The number of carbonyl (C=O) groups is 2. The van der Waals surface area contributed by atoms with Crippen LogP contribution < -0.4 is 0 Å². The van der Waals surface area contributed by atoms with Crippen molar-refractivity contribution in [3.8, 4) is 0 Å². The molecule has 0 radical (unpaired) electrons. The molecule has 17 heavy (non-hydrogen) atoms. The van der Waals surface area contributed by atoms with Crippen molar-refractivity contribution in [1.82, 2.24) is 0 Å². The van der Waals surface area contributed by atoms with Crippen LogP contribution in [0.3, 0.4) is 0 Å². The Labute approximate surface area is 105 Å². The normalized spacial score (nSPS) is 16.4. The molecule has 1 aromatic carbocycles. The molecule has 0 saturated heterocycles. The van der Waals surface area contributed by atoms with Crippen LogP contribution in [0.2, 0.25) is 5.02 Å². The van der Waals surface area contributed by atoms with Crippen molar-refractivity contribution >= 4 is 23.4 Å². The van der Waals surface area contributed by atoms with Gasteiger partial charge in [0.25, 0.3) is 0 Å². The molecule has 0 aliphatic heterocycles. The molecule has 0 bridgehead atoms. The number of halogens is 1. The van der Waals surface area contributed by atoms with E-state index < -0.39 is 11.6 Å². The molecule has 3 nitrogen and oxygen atoms in total. The zero-order chi connectivity index (χ0) is 12.5. The monoisotopic (exact) mass is 252 g/mol. The average Bonchev–Trinajstić information content (AvgIpc) is 2.96. The molecule has 0 unspecified atom stereocenters. The Bertz CT molecular complexity index is 463. The summed E-state index contributed by atoms with van der Waals surface area (Å²) in [5, 5.41) is 0.496. The van der Waals surface area contributed by atoms with Crippen LogP contribution >= 0.6 is 11.6 Å². The molecular weight excluding hydrogens is 240 g/mol. The fraction of sp³-hybridized carbons (Fsp3) is 0.385. The Balaban J connectivity index is 2.05. The van der Waals surface area contributed by atoms with E-state index in [-0.39, 0.29) is 5.78 Å². The van der Waals surface area contributed by atoms with E-state index >= 15 is 0 Å². The average molecular weight is 253 g/mol. The van der Waals surface area contributed by atoms with E-state index in [1.54, 1.807) is 24.3 Å². The lowest BCUT2D eigenvalue weighted by Gasteiger charge is -2.15. The highest BCUT2D eigenvalue weighted by Crippen LogP contribution is 2.43. The van der Waals surface area contributed by atoms with E-state index in [1.165, 1.54) is 6.92 Å². The number of benzene rings is 1. The molecule has 4 heteroatoms. The number of ether oxygens (including phenoxy) is 1.